The summed E-state index contributed by atoms with van der Waals surface area (Å²) in [4.78, 5) is 18.0. The highest BCUT2D eigenvalue weighted by molar-refractivity contribution is 5.89. The number of aromatic nitrogens is 3. The number of benzene rings is 1. The van der Waals surface area contributed by atoms with Crippen LogP contribution in [0.4, 0.5) is 11.6 Å². The summed E-state index contributed by atoms with van der Waals surface area (Å²) in [6.45, 7) is 8.32. The zero-order valence-electron chi connectivity index (χ0n) is 18.2. The van der Waals surface area contributed by atoms with Crippen LogP contribution >= 0.6 is 0 Å². The van der Waals surface area contributed by atoms with E-state index >= 15 is 0 Å². The van der Waals surface area contributed by atoms with Crippen LogP contribution in [0.1, 0.15) is 5.56 Å². The number of rotatable bonds is 5. The molecular weight excluding hydrogens is 396 g/mol. The molecule has 6 nitrogen and oxygen atoms in total. The topological polar surface area (TPSA) is 57.2 Å². The van der Waals surface area contributed by atoms with Crippen LogP contribution in [0.2, 0.25) is 0 Å². The average molecular weight is 423 g/mol. The first-order valence-corrected chi connectivity index (χ1v) is 10.8. The van der Waals surface area contributed by atoms with Gasteiger partial charge in [0.15, 0.2) is 0 Å². The number of hydrogen-bond donors (Lipinski definition) is 1. The van der Waals surface area contributed by atoms with E-state index in [9.17, 15) is 0 Å². The van der Waals surface area contributed by atoms with E-state index in [1.54, 1.807) is 6.20 Å². The fourth-order valence-electron chi connectivity index (χ4n) is 3.96. The van der Waals surface area contributed by atoms with Crippen LogP contribution in [0.5, 0.6) is 0 Å². The van der Waals surface area contributed by atoms with Crippen molar-refractivity contribution in [3.05, 3.63) is 85.5 Å². The molecule has 1 aliphatic rings. The summed E-state index contributed by atoms with van der Waals surface area (Å²) in [5, 5.41) is 5.58. The molecule has 0 radical (unpaired) electrons. The van der Waals surface area contributed by atoms with Gasteiger partial charge in [0.2, 0.25) is 0 Å². The number of nitrogens with one attached hydrogen (secondary N) is 1. The molecule has 4 aromatic rings. The number of nitrogens with zero attached hydrogens (tertiary/aromatic N) is 5. The molecule has 5 rings (SSSR count). The molecule has 160 valence electrons. The van der Waals surface area contributed by atoms with Gasteiger partial charge in [-0.3, -0.25) is 4.98 Å². The molecule has 1 N–H and O–H groups in total. The normalized spacial score (nSPS) is 14.5. The Labute approximate surface area is 188 Å². The lowest BCUT2D eigenvalue weighted by Crippen LogP contribution is -2.44. The van der Waals surface area contributed by atoms with Gasteiger partial charge in [-0.2, -0.15) is 0 Å². The van der Waals surface area contributed by atoms with Crippen molar-refractivity contribution in [3.63, 3.8) is 0 Å². The standard InChI is InChI=1S/C26H26N6/c1-19(20-7-9-28-26(16-20)32-12-10-31(2)11-13-32)30-25-15-24-14-21(5-6-23(24)18-29-25)22-4-3-8-27-17-22/h3-9,14-18H,1,10-13H2,2H3,(H,29,30). The van der Waals surface area contributed by atoms with Crippen LogP contribution in [0.25, 0.3) is 27.6 Å². The van der Waals surface area contributed by atoms with E-state index in [-0.39, 0.29) is 0 Å². The van der Waals surface area contributed by atoms with Crippen molar-refractivity contribution in [3.8, 4) is 11.1 Å². The second-order valence-electron chi connectivity index (χ2n) is 8.17. The Balaban J connectivity index is 1.36. The summed E-state index contributed by atoms with van der Waals surface area (Å²) in [6, 6.07) is 16.5. The van der Waals surface area contributed by atoms with Gasteiger partial charge in [0.25, 0.3) is 0 Å². The van der Waals surface area contributed by atoms with Gasteiger partial charge in [-0.1, -0.05) is 24.8 Å². The van der Waals surface area contributed by atoms with Gasteiger partial charge in [-0.25, -0.2) is 9.97 Å². The van der Waals surface area contributed by atoms with Crippen molar-refractivity contribution in [2.24, 2.45) is 0 Å². The molecule has 0 unspecified atom stereocenters. The molecule has 0 atom stereocenters. The highest BCUT2D eigenvalue weighted by Gasteiger charge is 2.16. The van der Waals surface area contributed by atoms with E-state index in [1.807, 2.05) is 30.7 Å². The van der Waals surface area contributed by atoms with Crippen molar-refractivity contribution in [2.75, 3.05) is 43.4 Å². The molecule has 4 heterocycles. The first kappa shape index (κ1) is 20.2. The van der Waals surface area contributed by atoms with Gasteiger partial charge in [0, 0.05) is 73.2 Å². The average Bonchev–Trinajstić information content (AvgIpc) is 2.84. The molecule has 32 heavy (non-hydrogen) atoms. The summed E-state index contributed by atoms with van der Waals surface area (Å²) in [7, 11) is 2.16. The molecule has 1 saturated heterocycles. The number of fused-ring (bicyclic) bond motifs is 1. The molecule has 0 saturated carbocycles. The Hall–Kier alpha value is -3.77. The summed E-state index contributed by atoms with van der Waals surface area (Å²) in [5.41, 5.74) is 4.05. The van der Waals surface area contributed by atoms with Gasteiger partial charge < -0.3 is 15.1 Å². The predicted octanol–water partition coefficient (Wildman–Crippen LogP) is 4.53. The first-order chi connectivity index (χ1) is 15.7. The lowest BCUT2D eigenvalue weighted by Gasteiger charge is -2.33. The minimum absolute atomic E-state index is 0.767. The third-order valence-corrected chi connectivity index (χ3v) is 5.92. The number of piperazine rings is 1. The first-order valence-electron chi connectivity index (χ1n) is 10.8. The predicted molar refractivity (Wildman–Crippen MR) is 132 cm³/mol. The fraction of sp³-hybridized carbons (Fsp3) is 0.192. The largest absolute Gasteiger partial charge is 0.354 e. The molecule has 1 fully saturated rings. The second-order valence-corrected chi connectivity index (χ2v) is 8.17. The van der Waals surface area contributed by atoms with Crippen molar-refractivity contribution < 1.29 is 0 Å². The Morgan fingerprint density at radius 2 is 1.75 bits per heavy atom. The van der Waals surface area contributed by atoms with Crippen LogP contribution in [0.3, 0.4) is 0 Å². The Kier molecular flexibility index (Phi) is 5.52. The molecule has 1 aliphatic heterocycles. The van der Waals surface area contributed by atoms with E-state index in [4.69, 9.17) is 0 Å². The smallest absolute Gasteiger partial charge is 0.130 e. The van der Waals surface area contributed by atoms with E-state index in [0.717, 1.165) is 71.0 Å². The number of likely N-dealkylation sites (N-methyl/N-ethyl adjacent to an activating group) is 1. The lowest BCUT2D eigenvalue weighted by molar-refractivity contribution is 0.312. The van der Waals surface area contributed by atoms with Crippen LogP contribution in [-0.4, -0.2) is 53.1 Å². The maximum atomic E-state index is 4.58. The number of pyridine rings is 3. The summed E-state index contributed by atoms with van der Waals surface area (Å²) in [6.07, 6.45) is 7.41. The molecule has 0 amide bonds. The lowest BCUT2D eigenvalue weighted by atomic mass is 10.0. The molecule has 0 spiro atoms. The quantitative estimate of drug-likeness (QED) is 0.510. The Morgan fingerprint density at radius 1 is 0.875 bits per heavy atom. The van der Waals surface area contributed by atoms with Gasteiger partial charge in [0.05, 0.1) is 0 Å². The number of anilines is 2. The highest BCUT2D eigenvalue weighted by Crippen LogP contribution is 2.26. The summed E-state index contributed by atoms with van der Waals surface area (Å²) < 4.78 is 0. The van der Waals surface area contributed by atoms with Crippen LogP contribution in [0.15, 0.2) is 79.9 Å². The maximum Gasteiger partial charge on any atom is 0.130 e. The Bertz CT molecular complexity index is 1250. The molecule has 1 aromatic carbocycles. The molecule has 6 heteroatoms. The summed E-state index contributed by atoms with van der Waals surface area (Å²) >= 11 is 0. The van der Waals surface area contributed by atoms with Crippen molar-refractivity contribution in [1.82, 2.24) is 19.9 Å². The maximum absolute atomic E-state index is 4.58. The van der Waals surface area contributed by atoms with E-state index in [0.29, 0.717) is 0 Å². The van der Waals surface area contributed by atoms with Crippen LogP contribution in [0, 0.1) is 0 Å². The van der Waals surface area contributed by atoms with E-state index < -0.39 is 0 Å². The van der Waals surface area contributed by atoms with Gasteiger partial charge in [-0.05, 0) is 48.3 Å². The Morgan fingerprint density at radius 3 is 2.56 bits per heavy atom. The van der Waals surface area contributed by atoms with Crippen molar-refractivity contribution in [2.45, 2.75) is 0 Å². The molecule has 0 aliphatic carbocycles. The monoisotopic (exact) mass is 422 g/mol. The SMILES string of the molecule is C=C(Nc1cc2cc(-c3cccnc3)ccc2cn1)c1ccnc(N2CCN(C)CC2)c1. The highest BCUT2D eigenvalue weighted by atomic mass is 15.3. The number of hydrogen-bond acceptors (Lipinski definition) is 6. The van der Waals surface area contributed by atoms with E-state index in [1.165, 1.54) is 0 Å². The van der Waals surface area contributed by atoms with Crippen molar-refractivity contribution in [1.29, 1.82) is 0 Å². The zero-order valence-corrected chi connectivity index (χ0v) is 18.2. The second kappa shape index (κ2) is 8.77. The third kappa shape index (κ3) is 4.31. The third-order valence-electron chi connectivity index (χ3n) is 5.92. The van der Waals surface area contributed by atoms with Crippen LogP contribution in [-0.2, 0) is 0 Å². The molecule has 0 bridgehead atoms. The minimum Gasteiger partial charge on any atom is -0.354 e. The fourth-order valence-corrected chi connectivity index (χ4v) is 3.96. The van der Waals surface area contributed by atoms with Gasteiger partial charge >= 0.3 is 0 Å². The zero-order chi connectivity index (χ0) is 21.9. The molecular formula is C26H26N6. The van der Waals surface area contributed by atoms with Crippen molar-refractivity contribution >= 4 is 28.1 Å². The van der Waals surface area contributed by atoms with Gasteiger partial charge in [0.1, 0.15) is 11.6 Å². The van der Waals surface area contributed by atoms with Gasteiger partial charge in [-0.15, -0.1) is 0 Å². The summed E-state index contributed by atoms with van der Waals surface area (Å²) in [5.74, 6) is 1.76. The minimum atomic E-state index is 0.767. The van der Waals surface area contributed by atoms with E-state index in [2.05, 4.69) is 80.1 Å². The van der Waals surface area contributed by atoms with Crippen LogP contribution < -0.4 is 10.2 Å². The molecule has 3 aromatic heterocycles.